The van der Waals surface area contributed by atoms with Crippen LogP contribution in [0.25, 0.3) is 33.2 Å². The zero-order valence-corrected chi connectivity index (χ0v) is 8.66. The first-order valence-corrected chi connectivity index (χ1v) is 5.16. The van der Waals surface area contributed by atoms with Crippen molar-refractivity contribution in [1.29, 1.82) is 0 Å². The van der Waals surface area contributed by atoms with E-state index < -0.39 is 0 Å². The van der Waals surface area contributed by atoms with Gasteiger partial charge in [0, 0.05) is 17.8 Å². The highest BCUT2D eigenvalue weighted by Gasteiger charge is 2.10. The molecule has 0 saturated carbocycles. The molecule has 0 aliphatic carbocycles. The second kappa shape index (κ2) is 2.98. The second-order valence-corrected chi connectivity index (χ2v) is 3.72. The predicted molar refractivity (Wildman–Crippen MR) is 62.4 cm³/mol. The van der Waals surface area contributed by atoms with Gasteiger partial charge < -0.3 is 4.42 Å². The molecule has 4 heterocycles. The lowest BCUT2D eigenvalue weighted by molar-refractivity contribution is 0.668. The third-order valence-electron chi connectivity index (χ3n) is 2.67. The van der Waals surface area contributed by atoms with E-state index in [4.69, 9.17) is 4.42 Å². The molecular weight excluding hydrogens is 216 g/mol. The summed E-state index contributed by atoms with van der Waals surface area (Å²) in [4.78, 5) is 16.8. The number of fused-ring (bicyclic) bond motifs is 4. The molecule has 5 heteroatoms. The Balaban J connectivity index is 2.28. The van der Waals surface area contributed by atoms with E-state index in [-0.39, 0.29) is 0 Å². The van der Waals surface area contributed by atoms with E-state index in [0.29, 0.717) is 11.2 Å². The fraction of sp³-hybridized carbons (Fsp3) is 0. The van der Waals surface area contributed by atoms with Gasteiger partial charge in [-0.05, 0) is 18.2 Å². The molecule has 0 aliphatic heterocycles. The van der Waals surface area contributed by atoms with Gasteiger partial charge in [0.15, 0.2) is 16.8 Å². The van der Waals surface area contributed by atoms with Crippen LogP contribution in [0.3, 0.4) is 0 Å². The first-order chi connectivity index (χ1) is 8.42. The Morgan fingerprint density at radius 3 is 3.06 bits per heavy atom. The number of aromatic nitrogens is 4. The van der Waals surface area contributed by atoms with Crippen molar-refractivity contribution in [1.82, 2.24) is 19.9 Å². The van der Waals surface area contributed by atoms with Gasteiger partial charge in [-0.2, -0.15) is 0 Å². The smallest absolute Gasteiger partial charge is 0.163 e. The minimum absolute atomic E-state index is 0.654. The number of hydrogen-bond acceptors (Lipinski definition) is 5. The molecule has 80 valence electrons. The molecule has 0 spiro atoms. The molecular formula is C12H6N4O. The van der Waals surface area contributed by atoms with Crippen molar-refractivity contribution in [3.05, 3.63) is 36.9 Å². The van der Waals surface area contributed by atoms with Gasteiger partial charge in [0.2, 0.25) is 0 Å². The summed E-state index contributed by atoms with van der Waals surface area (Å²) in [5.41, 5.74) is 3.61. The van der Waals surface area contributed by atoms with Crippen LogP contribution in [0.15, 0.2) is 41.3 Å². The summed E-state index contributed by atoms with van der Waals surface area (Å²) < 4.78 is 5.68. The number of rotatable bonds is 0. The minimum Gasteiger partial charge on any atom is -0.453 e. The van der Waals surface area contributed by atoms with Crippen molar-refractivity contribution in [2.75, 3.05) is 0 Å². The molecule has 0 radical (unpaired) electrons. The molecule has 0 amide bonds. The van der Waals surface area contributed by atoms with Crippen LogP contribution < -0.4 is 0 Å². The van der Waals surface area contributed by atoms with Crippen molar-refractivity contribution in [3.63, 3.8) is 0 Å². The lowest BCUT2D eigenvalue weighted by Gasteiger charge is -1.93. The van der Waals surface area contributed by atoms with Crippen LogP contribution >= 0.6 is 0 Å². The maximum Gasteiger partial charge on any atom is 0.163 e. The zero-order chi connectivity index (χ0) is 11.2. The Hall–Kier alpha value is -2.56. The van der Waals surface area contributed by atoms with Gasteiger partial charge in [-0.1, -0.05) is 0 Å². The van der Waals surface area contributed by atoms with E-state index in [0.717, 1.165) is 22.0 Å². The molecule has 5 nitrogen and oxygen atoms in total. The third kappa shape index (κ3) is 1.13. The van der Waals surface area contributed by atoms with Crippen molar-refractivity contribution < 1.29 is 4.42 Å². The van der Waals surface area contributed by atoms with E-state index >= 15 is 0 Å². The van der Waals surface area contributed by atoms with Crippen LogP contribution in [-0.2, 0) is 0 Å². The van der Waals surface area contributed by atoms with Crippen molar-refractivity contribution >= 4 is 33.2 Å². The van der Waals surface area contributed by atoms with Gasteiger partial charge in [-0.3, -0.25) is 4.98 Å². The molecule has 4 rings (SSSR count). The molecule has 0 atom stereocenters. The number of hydrogen-bond donors (Lipinski definition) is 0. The first kappa shape index (κ1) is 8.58. The van der Waals surface area contributed by atoms with Gasteiger partial charge >= 0.3 is 0 Å². The van der Waals surface area contributed by atoms with E-state index in [2.05, 4.69) is 19.9 Å². The highest BCUT2D eigenvalue weighted by Crippen LogP contribution is 2.26. The van der Waals surface area contributed by atoms with Crippen molar-refractivity contribution in [3.8, 4) is 0 Å². The standard InChI is InChI=1S/C12H6N4O/c1-2-8-10(14-3-1)11-9(17-8)4-7-5-13-6-15-12(7)16-11/h1-6H. The van der Waals surface area contributed by atoms with Crippen LogP contribution in [0, 0.1) is 0 Å². The Kier molecular flexibility index (Phi) is 1.50. The maximum atomic E-state index is 5.68. The maximum absolute atomic E-state index is 5.68. The molecule has 4 aromatic rings. The molecule has 0 unspecified atom stereocenters. The van der Waals surface area contributed by atoms with E-state index in [1.54, 1.807) is 12.4 Å². The van der Waals surface area contributed by atoms with Gasteiger partial charge in [0.05, 0.1) is 0 Å². The lowest BCUT2D eigenvalue weighted by atomic mass is 10.3. The van der Waals surface area contributed by atoms with E-state index in [9.17, 15) is 0 Å². The fourth-order valence-corrected chi connectivity index (χ4v) is 1.92. The summed E-state index contributed by atoms with van der Waals surface area (Å²) >= 11 is 0. The largest absolute Gasteiger partial charge is 0.453 e. The third-order valence-corrected chi connectivity index (χ3v) is 2.67. The van der Waals surface area contributed by atoms with Crippen molar-refractivity contribution in [2.45, 2.75) is 0 Å². The van der Waals surface area contributed by atoms with Crippen LogP contribution in [-0.4, -0.2) is 19.9 Å². The summed E-state index contributed by atoms with van der Waals surface area (Å²) in [6.07, 6.45) is 4.93. The molecule has 0 N–H and O–H groups in total. The highest BCUT2D eigenvalue weighted by atomic mass is 16.3. The molecule has 0 saturated heterocycles. The summed E-state index contributed by atoms with van der Waals surface area (Å²) in [7, 11) is 0. The molecule has 0 aromatic carbocycles. The van der Waals surface area contributed by atoms with Gasteiger partial charge in [-0.15, -0.1) is 0 Å². The molecule has 17 heavy (non-hydrogen) atoms. The number of furan rings is 1. The van der Waals surface area contributed by atoms with E-state index in [1.807, 2.05) is 18.2 Å². The predicted octanol–water partition coefficient (Wildman–Crippen LogP) is 2.32. The quantitative estimate of drug-likeness (QED) is 0.456. The lowest BCUT2D eigenvalue weighted by Crippen LogP contribution is -1.85. The fourth-order valence-electron chi connectivity index (χ4n) is 1.92. The van der Waals surface area contributed by atoms with Crippen LogP contribution in [0.4, 0.5) is 0 Å². The Morgan fingerprint density at radius 2 is 2.06 bits per heavy atom. The Labute approximate surface area is 95.1 Å². The van der Waals surface area contributed by atoms with Gasteiger partial charge in [-0.25, -0.2) is 15.0 Å². The second-order valence-electron chi connectivity index (χ2n) is 3.72. The van der Waals surface area contributed by atoms with Crippen molar-refractivity contribution in [2.24, 2.45) is 0 Å². The average molecular weight is 222 g/mol. The van der Waals surface area contributed by atoms with Crippen LogP contribution in [0.5, 0.6) is 0 Å². The summed E-state index contributed by atoms with van der Waals surface area (Å²) in [5, 5.41) is 0.860. The minimum atomic E-state index is 0.654. The first-order valence-electron chi connectivity index (χ1n) is 5.16. The summed E-state index contributed by atoms with van der Waals surface area (Å²) in [6.45, 7) is 0. The van der Waals surface area contributed by atoms with Crippen LogP contribution in [0.2, 0.25) is 0 Å². The highest BCUT2D eigenvalue weighted by molar-refractivity contribution is 6.03. The SMILES string of the molecule is c1cnc2c(c1)oc1cc3cncnc3nc12. The number of pyridine rings is 2. The molecule has 0 aliphatic rings. The monoisotopic (exact) mass is 222 g/mol. The topological polar surface area (TPSA) is 64.7 Å². The molecule has 0 fully saturated rings. The number of nitrogens with zero attached hydrogens (tertiary/aromatic N) is 4. The summed E-state index contributed by atoms with van der Waals surface area (Å²) in [5.74, 6) is 0. The molecule has 0 bridgehead atoms. The van der Waals surface area contributed by atoms with E-state index in [1.165, 1.54) is 6.33 Å². The van der Waals surface area contributed by atoms with Crippen LogP contribution in [0.1, 0.15) is 0 Å². The molecule has 4 aromatic heterocycles. The Morgan fingerprint density at radius 1 is 1.06 bits per heavy atom. The van der Waals surface area contributed by atoms with Gasteiger partial charge in [0.25, 0.3) is 0 Å². The zero-order valence-electron chi connectivity index (χ0n) is 8.66. The summed E-state index contributed by atoms with van der Waals surface area (Å²) in [6, 6.07) is 5.60. The Bertz CT molecular complexity index is 847. The normalized spacial score (nSPS) is 11.5. The average Bonchev–Trinajstić information content (AvgIpc) is 2.73. The van der Waals surface area contributed by atoms with Gasteiger partial charge in [0.1, 0.15) is 17.4 Å².